The Morgan fingerprint density at radius 3 is 2.12 bits per heavy atom. The predicted molar refractivity (Wildman–Crippen MR) is 130 cm³/mol. The zero-order valence-corrected chi connectivity index (χ0v) is 19.6. The number of nitro groups is 2. The van der Waals surface area contributed by atoms with Crippen LogP contribution in [0.15, 0.2) is 71.9 Å². The van der Waals surface area contributed by atoms with Gasteiger partial charge in [-0.15, -0.1) is 10.2 Å². The van der Waals surface area contributed by atoms with Crippen LogP contribution in [-0.4, -0.2) is 24.6 Å². The first-order valence-corrected chi connectivity index (χ1v) is 11.5. The van der Waals surface area contributed by atoms with Gasteiger partial charge in [0.2, 0.25) is 0 Å². The lowest BCUT2D eigenvalue weighted by Crippen LogP contribution is -2.04. The van der Waals surface area contributed by atoms with E-state index in [4.69, 9.17) is 23.2 Å². The Labute approximate surface area is 207 Å². The molecule has 3 aromatic carbocycles. The molecule has 4 aromatic rings. The van der Waals surface area contributed by atoms with Gasteiger partial charge in [0.05, 0.1) is 32.5 Å². The average Bonchev–Trinajstić information content (AvgIpc) is 3.22. The summed E-state index contributed by atoms with van der Waals surface area (Å²) < 4.78 is 1.89. The molecule has 0 bridgehead atoms. The van der Waals surface area contributed by atoms with Crippen molar-refractivity contribution in [2.75, 3.05) is 0 Å². The number of nitro benzene ring substituents is 2. The maximum atomic E-state index is 11.2. The Morgan fingerprint density at radius 1 is 0.824 bits per heavy atom. The molecule has 4 rings (SSSR count). The second kappa shape index (κ2) is 10.2. The highest BCUT2D eigenvalue weighted by Gasteiger charge is 2.19. The molecule has 0 spiro atoms. The Bertz CT molecular complexity index is 1350. The third-order valence-corrected chi connectivity index (χ3v) is 6.61. The van der Waals surface area contributed by atoms with Gasteiger partial charge in [-0.3, -0.25) is 24.8 Å². The lowest BCUT2D eigenvalue weighted by Gasteiger charge is -2.11. The summed E-state index contributed by atoms with van der Waals surface area (Å²) in [6, 6.07) is 18.4. The average molecular weight is 516 g/mol. The monoisotopic (exact) mass is 515 g/mol. The molecular formula is C22H15Cl2N5O4S. The van der Waals surface area contributed by atoms with Crippen LogP contribution in [0.3, 0.4) is 0 Å². The zero-order valence-electron chi connectivity index (χ0n) is 17.3. The first kappa shape index (κ1) is 23.7. The van der Waals surface area contributed by atoms with Gasteiger partial charge in [-0.1, -0.05) is 65.3 Å². The smallest absolute Gasteiger partial charge is 0.276 e. The highest BCUT2D eigenvalue weighted by molar-refractivity contribution is 7.98. The van der Waals surface area contributed by atoms with E-state index in [1.54, 1.807) is 18.2 Å². The van der Waals surface area contributed by atoms with Gasteiger partial charge in [-0.25, -0.2) is 0 Å². The maximum absolute atomic E-state index is 11.2. The van der Waals surface area contributed by atoms with Gasteiger partial charge in [-0.05, 0) is 29.3 Å². The molecule has 0 aliphatic carbocycles. The minimum absolute atomic E-state index is 0.219. The van der Waals surface area contributed by atoms with Crippen molar-refractivity contribution in [3.63, 3.8) is 0 Å². The normalized spacial score (nSPS) is 10.9. The molecule has 0 fully saturated rings. The van der Waals surface area contributed by atoms with Crippen molar-refractivity contribution in [3.05, 3.63) is 108 Å². The Hall–Kier alpha value is -3.47. The first-order valence-electron chi connectivity index (χ1n) is 9.80. The van der Waals surface area contributed by atoms with E-state index in [0.29, 0.717) is 33.1 Å². The summed E-state index contributed by atoms with van der Waals surface area (Å²) in [6.45, 7) is 0.459. The fraction of sp³-hybridized carbons (Fsp3) is 0.0909. The van der Waals surface area contributed by atoms with E-state index in [-0.39, 0.29) is 17.1 Å². The van der Waals surface area contributed by atoms with Crippen LogP contribution in [0.1, 0.15) is 11.1 Å². The molecule has 0 aliphatic rings. The SMILES string of the molecule is O=[N+]([O-])c1cc(CSc2nnc(-c3ccc(Cl)c(Cl)c3)n2Cc2ccccc2)cc([N+](=O)[O-])c1. The third kappa shape index (κ3) is 5.36. The Kier molecular flexibility index (Phi) is 7.11. The Morgan fingerprint density at radius 2 is 1.50 bits per heavy atom. The molecule has 0 radical (unpaired) electrons. The summed E-state index contributed by atoms with van der Waals surface area (Å²) >= 11 is 13.5. The topological polar surface area (TPSA) is 117 Å². The summed E-state index contributed by atoms with van der Waals surface area (Å²) in [6.07, 6.45) is 0. The van der Waals surface area contributed by atoms with Crippen LogP contribution in [0.4, 0.5) is 11.4 Å². The van der Waals surface area contributed by atoms with Crippen molar-refractivity contribution < 1.29 is 9.85 Å². The molecule has 1 aromatic heterocycles. The van der Waals surface area contributed by atoms with Crippen molar-refractivity contribution >= 4 is 46.3 Å². The fourth-order valence-electron chi connectivity index (χ4n) is 3.25. The van der Waals surface area contributed by atoms with Gasteiger partial charge in [0, 0.05) is 23.4 Å². The first-order chi connectivity index (χ1) is 16.3. The molecule has 172 valence electrons. The van der Waals surface area contributed by atoms with Gasteiger partial charge < -0.3 is 0 Å². The number of nitrogens with zero attached hydrogens (tertiary/aromatic N) is 5. The molecule has 0 unspecified atom stereocenters. The summed E-state index contributed by atoms with van der Waals surface area (Å²) in [7, 11) is 0. The standard InChI is InChI=1S/C22H15Cl2N5O4S/c23-19-7-6-16(10-20(19)24)21-25-26-22(27(21)12-14-4-2-1-3-5-14)34-13-15-8-17(28(30)31)11-18(9-15)29(32)33/h1-11H,12-13H2. The lowest BCUT2D eigenvalue weighted by molar-refractivity contribution is -0.394. The van der Waals surface area contributed by atoms with Crippen molar-refractivity contribution in [2.45, 2.75) is 17.5 Å². The maximum Gasteiger partial charge on any atom is 0.276 e. The summed E-state index contributed by atoms with van der Waals surface area (Å²) in [4.78, 5) is 21.1. The van der Waals surface area contributed by atoms with E-state index < -0.39 is 9.85 Å². The van der Waals surface area contributed by atoms with Crippen LogP contribution in [0.25, 0.3) is 11.4 Å². The van der Waals surface area contributed by atoms with Gasteiger partial charge in [0.1, 0.15) is 0 Å². The molecule has 34 heavy (non-hydrogen) atoms. The van der Waals surface area contributed by atoms with Crippen molar-refractivity contribution in [3.8, 4) is 11.4 Å². The van der Waals surface area contributed by atoms with Crippen molar-refractivity contribution in [1.82, 2.24) is 14.8 Å². The van der Waals surface area contributed by atoms with Crippen LogP contribution in [0.5, 0.6) is 0 Å². The van der Waals surface area contributed by atoms with Crippen LogP contribution in [-0.2, 0) is 12.3 Å². The third-order valence-electron chi connectivity index (χ3n) is 4.83. The van der Waals surface area contributed by atoms with Crippen molar-refractivity contribution in [2.24, 2.45) is 0 Å². The van der Waals surface area contributed by atoms with Gasteiger partial charge in [-0.2, -0.15) is 0 Å². The minimum atomic E-state index is -0.651. The number of non-ortho nitro benzene ring substituents is 2. The Balaban J connectivity index is 1.69. The predicted octanol–water partition coefficient (Wildman–Crippen LogP) is 6.41. The van der Waals surface area contributed by atoms with E-state index in [9.17, 15) is 20.2 Å². The van der Waals surface area contributed by atoms with Crippen LogP contribution < -0.4 is 0 Å². The van der Waals surface area contributed by atoms with Crippen molar-refractivity contribution in [1.29, 1.82) is 0 Å². The number of halogens is 2. The number of aromatic nitrogens is 3. The van der Waals surface area contributed by atoms with E-state index in [0.717, 1.165) is 17.2 Å². The number of thioether (sulfide) groups is 1. The molecule has 0 saturated carbocycles. The number of benzene rings is 3. The second-order valence-corrected chi connectivity index (χ2v) is 8.92. The molecular weight excluding hydrogens is 501 g/mol. The number of hydrogen-bond donors (Lipinski definition) is 0. The molecule has 0 amide bonds. The molecule has 0 saturated heterocycles. The minimum Gasteiger partial charge on any atom is -0.298 e. The largest absolute Gasteiger partial charge is 0.298 e. The van der Waals surface area contributed by atoms with E-state index in [1.165, 1.54) is 23.9 Å². The fourth-order valence-corrected chi connectivity index (χ4v) is 4.42. The van der Waals surface area contributed by atoms with Crippen LogP contribution in [0.2, 0.25) is 10.0 Å². The van der Waals surface area contributed by atoms with E-state index in [1.807, 2.05) is 34.9 Å². The quantitative estimate of drug-likeness (QED) is 0.151. The van der Waals surface area contributed by atoms with Crippen LogP contribution in [0, 0.1) is 20.2 Å². The number of rotatable bonds is 8. The highest BCUT2D eigenvalue weighted by atomic mass is 35.5. The molecule has 1 heterocycles. The van der Waals surface area contributed by atoms with Crippen LogP contribution >= 0.6 is 35.0 Å². The number of hydrogen-bond acceptors (Lipinski definition) is 7. The summed E-state index contributed by atoms with van der Waals surface area (Å²) in [5.74, 6) is 0.784. The second-order valence-electron chi connectivity index (χ2n) is 7.17. The summed E-state index contributed by atoms with van der Waals surface area (Å²) in [5.41, 5.74) is 1.47. The summed E-state index contributed by atoms with van der Waals surface area (Å²) in [5, 5.41) is 32.4. The molecule has 0 N–H and O–H groups in total. The van der Waals surface area contributed by atoms with Gasteiger partial charge >= 0.3 is 0 Å². The molecule has 9 nitrogen and oxygen atoms in total. The molecule has 0 aliphatic heterocycles. The highest BCUT2D eigenvalue weighted by Crippen LogP contribution is 2.32. The molecule has 0 atom stereocenters. The van der Waals surface area contributed by atoms with Gasteiger partial charge in [0.25, 0.3) is 11.4 Å². The lowest BCUT2D eigenvalue weighted by atomic mass is 10.2. The zero-order chi connectivity index (χ0) is 24.2. The van der Waals surface area contributed by atoms with E-state index in [2.05, 4.69) is 10.2 Å². The van der Waals surface area contributed by atoms with Gasteiger partial charge in [0.15, 0.2) is 11.0 Å². The molecule has 12 heteroatoms. The van der Waals surface area contributed by atoms with E-state index >= 15 is 0 Å².